The molecule has 1 aliphatic heterocycles. The van der Waals surface area contributed by atoms with Crippen LogP contribution in [-0.4, -0.2) is 42.8 Å². The Morgan fingerprint density at radius 1 is 1.38 bits per heavy atom. The highest BCUT2D eigenvalue weighted by Crippen LogP contribution is 2.32. The zero-order valence-corrected chi connectivity index (χ0v) is 15.4. The lowest BCUT2D eigenvalue weighted by molar-refractivity contribution is -0.140. The van der Waals surface area contributed by atoms with Crippen LogP contribution in [0.4, 0.5) is 8.78 Å². The van der Waals surface area contributed by atoms with Crippen LogP contribution in [0.3, 0.4) is 0 Å². The molecule has 0 aliphatic carbocycles. The fourth-order valence-electron chi connectivity index (χ4n) is 2.63. The van der Waals surface area contributed by atoms with Gasteiger partial charge in [-0.15, -0.1) is 6.58 Å². The third kappa shape index (κ3) is 4.25. The molecule has 0 amide bonds. The van der Waals surface area contributed by atoms with Gasteiger partial charge in [0.05, 0.1) is 18.2 Å². The minimum Gasteiger partial charge on any atom is -0.460 e. The highest BCUT2D eigenvalue weighted by Gasteiger charge is 2.34. The number of esters is 1. The summed E-state index contributed by atoms with van der Waals surface area (Å²) < 4.78 is 37.1. The van der Waals surface area contributed by atoms with E-state index in [-0.39, 0.29) is 18.8 Å². The summed E-state index contributed by atoms with van der Waals surface area (Å²) in [4.78, 5) is 14.3. The second-order valence-corrected chi connectivity index (χ2v) is 5.97. The standard InChI is InChI=1S/C18H20F2N2O3S/c1-4-7-22-11(2)15(17(23)25-9-8-24-3)16(21-18(22)26)12-5-6-13(19)14(20)10-12/h4-6,10,16H,1,7-9H2,2-3H3,(H,21,26)/t16-/m0/s1. The summed E-state index contributed by atoms with van der Waals surface area (Å²) in [5.41, 5.74) is 1.19. The molecule has 1 atom stereocenters. The van der Waals surface area contributed by atoms with E-state index in [1.807, 2.05) is 0 Å². The second kappa shape index (κ2) is 8.86. The Bertz CT molecular complexity index is 752. The summed E-state index contributed by atoms with van der Waals surface area (Å²) in [6.07, 6.45) is 1.64. The van der Waals surface area contributed by atoms with Crippen molar-refractivity contribution in [2.45, 2.75) is 13.0 Å². The van der Waals surface area contributed by atoms with Gasteiger partial charge in [0.1, 0.15) is 6.61 Å². The first kappa shape index (κ1) is 20.0. The molecule has 140 valence electrons. The van der Waals surface area contributed by atoms with Gasteiger partial charge < -0.3 is 19.7 Å². The molecule has 8 heteroatoms. The van der Waals surface area contributed by atoms with Gasteiger partial charge in [0.2, 0.25) is 0 Å². The Balaban J connectivity index is 2.46. The van der Waals surface area contributed by atoms with Crippen molar-refractivity contribution in [3.8, 4) is 0 Å². The molecule has 1 N–H and O–H groups in total. The summed E-state index contributed by atoms with van der Waals surface area (Å²) in [5, 5.41) is 3.35. The monoisotopic (exact) mass is 382 g/mol. The largest absolute Gasteiger partial charge is 0.460 e. The van der Waals surface area contributed by atoms with Crippen molar-refractivity contribution < 1.29 is 23.0 Å². The van der Waals surface area contributed by atoms with Crippen LogP contribution >= 0.6 is 12.2 Å². The van der Waals surface area contributed by atoms with Gasteiger partial charge in [0.15, 0.2) is 16.7 Å². The maximum atomic E-state index is 13.7. The van der Waals surface area contributed by atoms with Crippen LogP contribution in [0.1, 0.15) is 18.5 Å². The third-order valence-corrected chi connectivity index (χ3v) is 4.26. The second-order valence-electron chi connectivity index (χ2n) is 5.58. The number of carbonyl (C=O) groups excluding carboxylic acids is 1. The topological polar surface area (TPSA) is 50.8 Å². The van der Waals surface area contributed by atoms with E-state index < -0.39 is 23.6 Å². The molecule has 0 aromatic heterocycles. The van der Waals surface area contributed by atoms with E-state index >= 15 is 0 Å². The van der Waals surface area contributed by atoms with Crippen LogP contribution in [0.5, 0.6) is 0 Å². The molecular formula is C18H20F2N2O3S. The van der Waals surface area contributed by atoms with Crippen LogP contribution < -0.4 is 5.32 Å². The van der Waals surface area contributed by atoms with Gasteiger partial charge in [-0.3, -0.25) is 0 Å². The average molecular weight is 382 g/mol. The minimum atomic E-state index is -1.01. The lowest BCUT2D eigenvalue weighted by Crippen LogP contribution is -2.48. The number of ether oxygens (including phenoxy) is 2. The molecule has 5 nitrogen and oxygen atoms in total. The quantitative estimate of drug-likeness (QED) is 0.339. The van der Waals surface area contributed by atoms with Crippen molar-refractivity contribution in [3.05, 3.63) is 59.3 Å². The van der Waals surface area contributed by atoms with E-state index in [4.69, 9.17) is 21.7 Å². The highest BCUT2D eigenvalue weighted by atomic mass is 32.1. The number of allylic oxidation sites excluding steroid dienone is 1. The fourth-order valence-corrected chi connectivity index (χ4v) is 2.96. The normalized spacial score (nSPS) is 17.2. The van der Waals surface area contributed by atoms with E-state index in [1.165, 1.54) is 13.2 Å². The minimum absolute atomic E-state index is 0.0719. The number of hydrogen-bond acceptors (Lipinski definition) is 4. The van der Waals surface area contributed by atoms with Crippen LogP contribution in [0, 0.1) is 11.6 Å². The summed E-state index contributed by atoms with van der Waals surface area (Å²) >= 11 is 5.34. The van der Waals surface area contributed by atoms with Gasteiger partial charge in [-0.2, -0.15) is 0 Å². The van der Waals surface area contributed by atoms with Gasteiger partial charge in [-0.1, -0.05) is 12.1 Å². The van der Waals surface area contributed by atoms with E-state index in [9.17, 15) is 13.6 Å². The van der Waals surface area contributed by atoms with Crippen LogP contribution in [0.25, 0.3) is 0 Å². The number of methoxy groups -OCH3 is 1. The number of carbonyl (C=O) groups is 1. The predicted molar refractivity (Wildman–Crippen MR) is 97.3 cm³/mol. The van der Waals surface area contributed by atoms with Crippen LogP contribution in [0.15, 0.2) is 42.1 Å². The molecule has 0 saturated heterocycles. The number of thiocarbonyl (C=S) groups is 1. The Kier molecular flexibility index (Phi) is 6.82. The van der Waals surface area contributed by atoms with Crippen LogP contribution in [-0.2, 0) is 14.3 Å². The number of benzene rings is 1. The van der Waals surface area contributed by atoms with E-state index in [2.05, 4.69) is 11.9 Å². The summed E-state index contributed by atoms with van der Waals surface area (Å²) in [5.74, 6) is -2.56. The highest BCUT2D eigenvalue weighted by molar-refractivity contribution is 7.80. The van der Waals surface area contributed by atoms with E-state index in [1.54, 1.807) is 17.9 Å². The fraction of sp³-hybridized carbons (Fsp3) is 0.333. The van der Waals surface area contributed by atoms with E-state index in [0.717, 1.165) is 12.1 Å². The predicted octanol–water partition coefficient (Wildman–Crippen LogP) is 2.85. The van der Waals surface area contributed by atoms with Gasteiger partial charge in [0.25, 0.3) is 0 Å². The zero-order chi connectivity index (χ0) is 19.3. The molecule has 1 heterocycles. The maximum Gasteiger partial charge on any atom is 0.338 e. The first-order valence-corrected chi connectivity index (χ1v) is 8.32. The van der Waals surface area contributed by atoms with Gasteiger partial charge in [-0.25, -0.2) is 13.6 Å². The molecule has 0 saturated carbocycles. The Hall–Kier alpha value is -2.32. The number of nitrogens with one attached hydrogen (secondary N) is 1. The molecule has 0 bridgehead atoms. The number of rotatable bonds is 7. The molecule has 0 unspecified atom stereocenters. The number of nitrogens with zero attached hydrogens (tertiary/aromatic N) is 1. The van der Waals surface area contributed by atoms with E-state index in [0.29, 0.717) is 22.9 Å². The Labute approximate surface area is 156 Å². The molecule has 0 fully saturated rings. The molecular weight excluding hydrogens is 362 g/mol. The first-order chi connectivity index (χ1) is 12.4. The SMILES string of the molecule is C=CCN1C(=S)N[C@@H](c2ccc(F)c(F)c2)C(C(=O)OCCOC)=C1C. The molecule has 1 aromatic rings. The third-order valence-electron chi connectivity index (χ3n) is 3.93. The van der Waals surface area contributed by atoms with Crippen LogP contribution in [0.2, 0.25) is 0 Å². The number of halogens is 2. The summed E-state index contributed by atoms with van der Waals surface area (Å²) in [7, 11) is 1.49. The van der Waals surface area contributed by atoms with Gasteiger partial charge in [-0.05, 0) is 36.8 Å². The molecule has 26 heavy (non-hydrogen) atoms. The Morgan fingerprint density at radius 2 is 2.12 bits per heavy atom. The molecule has 1 aromatic carbocycles. The summed E-state index contributed by atoms with van der Waals surface area (Å²) in [6.45, 7) is 6.10. The van der Waals surface area contributed by atoms with Crippen molar-refractivity contribution >= 4 is 23.3 Å². The van der Waals surface area contributed by atoms with Gasteiger partial charge >= 0.3 is 5.97 Å². The first-order valence-electron chi connectivity index (χ1n) is 7.91. The lowest BCUT2D eigenvalue weighted by atomic mass is 9.95. The molecule has 0 radical (unpaired) electrons. The maximum absolute atomic E-state index is 13.7. The molecule has 1 aliphatic rings. The van der Waals surface area contributed by atoms with Crippen molar-refractivity contribution in [2.24, 2.45) is 0 Å². The molecule has 2 rings (SSSR count). The van der Waals surface area contributed by atoms with Crippen molar-refractivity contribution in [3.63, 3.8) is 0 Å². The van der Waals surface area contributed by atoms with Crippen molar-refractivity contribution in [2.75, 3.05) is 26.9 Å². The average Bonchev–Trinajstić information content (AvgIpc) is 2.60. The molecule has 0 spiro atoms. The lowest BCUT2D eigenvalue weighted by Gasteiger charge is -2.37. The smallest absolute Gasteiger partial charge is 0.338 e. The summed E-state index contributed by atoms with van der Waals surface area (Å²) in [6, 6.07) is 2.69. The Morgan fingerprint density at radius 3 is 2.73 bits per heavy atom. The van der Waals surface area contributed by atoms with Crippen molar-refractivity contribution in [1.29, 1.82) is 0 Å². The number of hydrogen-bond donors (Lipinski definition) is 1. The van der Waals surface area contributed by atoms with Gasteiger partial charge in [0, 0.05) is 19.4 Å². The van der Waals surface area contributed by atoms with Crippen molar-refractivity contribution in [1.82, 2.24) is 10.2 Å². The zero-order valence-electron chi connectivity index (χ0n) is 14.6.